The number of benzene rings is 2. The maximum atomic E-state index is 13.7. The van der Waals surface area contributed by atoms with Crippen molar-refractivity contribution in [3.63, 3.8) is 0 Å². The van der Waals surface area contributed by atoms with Crippen LogP contribution in [0.2, 0.25) is 0 Å². The Balaban J connectivity index is 1.65. The highest BCUT2D eigenvalue weighted by Gasteiger charge is 2.40. The zero-order chi connectivity index (χ0) is 22.0. The van der Waals surface area contributed by atoms with E-state index in [1.807, 2.05) is 53.4 Å². The number of carbonyl (C=O) groups excluding carboxylic acids is 2. The van der Waals surface area contributed by atoms with E-state index in [4.69, 9.17) is 0 Å². The predicted octanol–water partition coefficient (Wildman–Crippen LogP) is 5.56. The van der Waals surface area contributed by atoms with Gasteiger partial charge in [0, 0.05) is 29.9 Å². The van der Waals surface area contributed by atoms with E-state index in [9.17, 15) is 9.59 Å². The lowest BCUT2D eigenvalue weighted by Crippen LogP contribution is -2.48. The van der Waals surface area contributed by atoms with Crippen molar-refractivity contribution in [2.24, 2.45) is 0 Å². The average Bonchev–Trinajstić information content (AvgIpc) is 3.33. The lowest BCUT2D eigenvalue weighted by Gasteiger charge is -2.41. The summed E-state index contributed by atoms with van der Waals surface area (Å²) in [5.74, 6) is 0.0583. The topological polar surface area (TPSA) is 40.6 Å². The number of nitrogens with zero attached hydrogens (tertiary/aromatic N) is 2. The van der Waals surface area contributed by atoms with Crippen LogP contribution in [0.15, 0.2) is 48.5 Å². The number of fused-ring (bicyclic) bond motifs is 1. The van der Waals surface area contributed by atoms with E-state index in [2.05, 4.69) is 25.7 Å². The van der Waals surface area contributed by atoms with Crippen LogP contribution < -0.4 is 4.90 Å². The lowest BCUT2D eigenvalue weighted by molar-refractivity contribution is -0.135. The molecule has 0 aromatic heterocycles. The molecule has 2 aliphatic rings. The largest absolute Gasteiger partial charge is 0.339 e. The van der Waals surface area contributed by atoms with Gasteiger partial charge in [-0.05, 0) is 68.9 Å². The van der Waals surface area contributed by atoms with E-state index >= 15 is 0 Å². The van der Waals surface area contributed by atoms with Crippen LogP contribution >= 0.6 is 0 Å². The van der Waals surface area contributed by atoms with Gasteiger partial charge in [0.2, 0.25) is 5.91 Å². The number of amides is 2. The highest BCUT2D eigenvalue weighted by atomic mass is 16.2. The molecule has 2 aromatic carbocycles. The van der Waals surface area contributed by atoms with E-state index in [1.54, 1.807) is 0 Å². The van der Waals surface area contributed by atoms with Crippen LogP contribution in [0.4, 0.5) is 5.69 Å². The maximum absolute atomic E-state index is 13.7. The molecule has 4 rings (SSSR count). The summed E-state index contributed by atoms with van der Waals surface area (Å²) in [4.78, 5) is 31.1. The molecule has 0 radical (unpaired) electrons. The second-order valence-electron chi connectivity index (χ2n) is 8.98. The number of hydrogen-bond donors (Lipinski definition) is 0. The molecule has 4 heteroatoms. The molecular weight excluding hydrogens is 384 g/mol. The van der Waals surface area contributed by atoms with Crippen LogP contribution in [-0.4, -0.2) is 35.3 Å². The van der Waals surface area contributed by atoms with Crippen LogP contribution in [-0.2, 0) is 11.2 Å². The van der Waals surface area contributed by atoms with Gasteiger partial charge in [-0.3, -0.25) is 9.59 Å². The van der Waals surface area contributed by atoms with Crippen molar-refractivity contribution in [2.45, 2.75) is 77.3 Å². The van der Waals surface area contributed by atoms with Crippen molar-refractivity contribution < 1.29 is 9.59 Å². The number of para-hydroxylation sites is 1. The van der Waals surface area contributed by atoms with Gasteiger partial charge in [-0.2, -0.15) is 0 Å². The summed E-state index contributed by atoms with van der Waals surface area (Å²) < 4.78 is 0. The standard InChI is InChI=1S/C27H34N2O2/c1-4-20-14-16-21(17-15-20)26(30)29-19(3)18-24(23-12-8-9-13-25(23)29)27(31)28(5-2)22-10-6-7-11-22/h8-9,12-17,19,22,24H,4-7,10-11,18H2,1-3H3/t19-,24-/m0/s1. The van der Waals surface area contributed by atoms with Crippen LogP contribution in [0.5, 0.6) is 0 Å². The quantitative estimate of drug-likeness (QED) is 0.637. The highest BCUT2D eigenvalue weighted by molar-refractivity contribution is 6.08. The van der Waals surface area contributed by atoms with Crippen LogP contribution in [0.3, 0.4) is 0 Å². The maximum Gasteiger partial charge on any atom is 0.258 e. The molecule has 1 aliphatic carbocycles. The molecule has 2 amide bonds. The molecule has 1 fully saturated rings. The normalized spacial score (nSPS) is 21.1. The van der Waals surface area contributed by atoms with Gasteiger partial charge in [0.1, 0.15) is 0 Å². The number of anilines is 1. The Hall–Kier alpha value is -2.62. The monoisotopic (exact) mass is 418 g/mol. The molecule has 4 nitrogen and oxygen atoms in total. The molecule has 0 N–H and O–H groups in total. The van der Waals surface area contributed by atoms with Gasteiger partial charge < -0.3 is 9.80 Å². The smallest absolute Gasteiger partial charge is 0.258 e. The first-order valence-electron chi connectivity index (χ1n) is 11.9. The van der Waals surface area contributed by atoms with Crippen LogP contribution in [0, 0.1) is 0 Å². The molecule has 0 bridgehead atoms. The Morgan fingerprint density at radius 3 is 2.32 bits per heavy atom. The van der Waals surface area contributed by atoms with Gasteiger partial charge in [0.25, 0.3) is 5.91 Å². The lowest BCUT2D eigenvalue weighted by atomic mass is 9.84. The van der Waals surface area contributed by atoms with Crippen molar-refractivity contribution >= 4 is 17.5 Å². The third kappa shape index (κ3) is 4.13. The minimum atomic E-state index is -0.182. The number of hydrogen-bond acceptors (Lipinski definition) is 2. The van der Waals surface area contributed by atoms with Crippen LogP contribution in [0.25, 0.3) is 0 Å². The van der Waals surface area contributed by atoms with Crippen molar-refractivity contribution in [2.75, 3.05) is 11.4 Å². The first-order valence-corrected chi connectivity index (χ1v) is 11.9. The second-order valence-corrected chi connectivity index (χ2v) is 8.98. The summed E-state index contributed by atoms with van der Waals surface area (Å²) in [6.45, 7) is 7.02. The second kappa shape index (κ2) is 9.25. The Kier molecular flexibility index (Phi) is 6.45. The van der Waals surface area contributed by atoms with Crippen molar-refractivity contribution in [3.8, 4) is 0 Å². The molecular formula is C27H34N2O2. The molecule has 1 aliphatic heterocycles. The fourth-order valence-corrected chi connectivity index (χ4v) is 5.39. The van der Waals surface area contributed by atoms with E-state index < -0.39 is 0 Å². The number of likely N-dealkylation sites (N-methyl/N-ethyl adjacent to an activating group) is 1. The predicted molar refractivity (Wildman–Crippen MR) is 126 cm³/mol. The molecule has 0 saturated heterocycles. The van der Waals surface area contributed by atoms with E-state index in [0.717, 1.165) is 37.1 Å². The molecule has 0 unspecified atom stereocenters. The number of aryl methyl sites for hydroxylation is 1. The first kappa shape index (κ1) is 21.6. The molecule has 31 heavy (non-hydrogen) atoms. The molecule has 1 saturated carbocycles. The van der Waals surface area contributed by atoms with Gasteiger partial charge in [-0.25, -0.2) is 0 Å². The van der Waals surface area contributed by atoms with Crippen molar-refractivity contribution in [3.05, 3.63) is 65.2 Å². The fourth-order valence-electron chi connectivity index (χ4n) is 5.39. The van der Waals surface area contributed by atoms with E-state index in [1.165, 1.54) is 18.4 Å². The van der Waals surface area contributed by atoms with Crippen LogP contribution in [0.1, 0.15) is 80.3 Å². The zero-order valence-electron chi connectivity index (χ0n) is 19.0. The highest BCUT2D eigenvalue weighted by Crippen LogP contribution is 2.41. The van der Waals surface area contributed by atoms with Gasteiger partial charge in [-0.15, -0.1) is 0 Å². The minimum absolute atomic E-state index is 0.0108. The Labute approximate surface area is 186 Å². The van der Waals surface area contributed by atoms with E-state index in [0.29, 0.717) is 18.0 Å². The summed E-state index contributed by atoms with van der Waals surface area (Å²) in [5, 5.41) is 0. The summed E-state index contributed by atoms with van der Waals surface area (Å²) in [7, 11) is 0. The third-order valence-corrected chi connectivity index (χ3v) is 7.10. The summed E-state index contributed by atoms with van der Waals surface area (Å²) in [6, 6.07) is 16.2. The summed E-state index contributed by atoms with van der Waals surface area (Å²) >= 11 is 0. The van der Waals surface area contributed by atoms with E-state index in [-0.39, 0.29) is 23.8 Å². The molecule has 2 aromatic rings. The van der Waals surface area contributed by atoms with Crippen molar-refractivity contribution in [1.29, 1.82) is 0 Å². The third-order valence-electron chi connectivity index (χ3n) is 7.10. The SMILES string of the molecule is CCc1ccc(C(=O)N2c3ccccc3[C@@H](C(=O)N(CC)C3CCCC3)C[C@@H]2C)cc1. The Bertz CT molecular complexity index is 931. The van der Waals surface area contributed by atoms with Crippen molar-refractivity contribution in [1.82, 2.24) is 4.90 Å². The molecule has 2 atom stereocenters. The summed E-state index contributed by atoms with van der Waals surface area (Å²) in [6.07, 6.45) is 6.27. The molecule has 164 valence electrons. The van der Waals surface area contributed by atoms with Gasteiger partial charge in [0.15, 0.2) is 0 Å². The number of rotatable bonds is 5. The molecule has 1 heterocycles. The zero-order valence-corrected chi connectivity index (χ0v) is 19.0. The van der Waals surface area contributed by atoms with Gasteiger partial charge >= 0.3 is 0 Å². The molecule has 0 spiro atoms. The minimum Gasteiger partial charge on any atom is -0.339 e. The van der Waals surface area contributed by atoms with Gasteiger partial charge in [-0.1, -0.05) is 50.1 Å². The first-order chi connectivity index (χ1) is 15.0. The Morgan fingerprint density at radius 2 is 1.68 bits per heavy atom. The fraction of sp³-hybridized carbons (Fsp3) is 0.481. The number of carbonyl (C=O) groups is 2. The van der Waals surface area contributed by atoms with Gasteiger partial charge in [0.05, 0.1) is 5.92 Å². The Morgan fingerprint density at radius 1 is 1.00 bits per heavy atom. The average molecular weight is 419 g/mol. The summed E-state index contributed by atoms with van der Waals surface area (Å²) in [5.41, 5.74) is 3.79.